The Bertz CT molecular complexity index is 947. The van der Waals surface area contributed by atoms with Gasteiger partial charge in [-0.3, -0.25) is 4.79 Å². The highest BCUT2D eigenvalue weighted by Gasteiger charge is 2.43. The molecule has 2 aromatic rings. The Morgan fingerprint density at radius 2 is 1.94 bits per heavy atom. The van der Waals surface area contributed by atoms with Gasteiger partial charge < -0.3 is 14.2 Å². The number of benzene rings is 1. The van der Waals surface area contributed by atoms with Crippen LogP contribution in [-0.2, 0) is 0 Å². The molecule has 2 fully saturated rings. The van der Waals surface area contributed by atoms with Crippen LogP contribution in [0.4, 0.5) is 14.8 Å². The maximum Gasteiger partial charge on any atom is 0.324 e. The normalized spacial score (nSPS) is 21.0. The standard InChI is InChI=1S/C25H33F2N3O3/c1-4-5-22(31)23-20(26)13-18(14-21(23)27)32-11-8-17-12-19(17)16-6-9-30(10-7-16)25-28-24(15(2)3)29-33-25/h13-17,19H,4-12H2,1-3H3. The second-order valence-electron chi connectivity index (χ2n) is 9.65. The molecule has 1 saturated carbocycles. The average Bonchev–Trinajstić information content (AvgIpc) is 3.36. The van der Waals surface area contributed by atoms with Crippen molar-refractivity contribution in [2.45, 2.75) is 65.2 Å². The number of Topliss-reactive ketones (excluding diaryl/α,β-unsaturated/α-hetero) is 1. The highest BCUT2D eigenvalue weighted by atomic mass is 19.1. The maximum atomic E-state index is 14.2. The van der Waals surface area contributed by atoms with E-state index in [4.69, 9.17) is 9.26 Å². The van der Waals surface area contributed by atoms with E-state index in [0.29, 0.717) is 36.8 Å². The quantitative estimate of drug-likeness (QED) is 0.418. The Hall–Kier alpha value is -2.51. The van der Waals surface area contributed by atoms with Crippen LogP contribution in [-0.4, -0.2) is 35.6 Å². The van der Waals surface area contributed by atoms with Crippen LogP contribution < -0.4 is 9.64 Å². The number of nitrogens with zero attached hydrogens (tertiary/aromatic N) is 3. The van der Waals surface area contributed by atoms with Crippen molar-refractivity contribution in [3.8, 4) is 5.75 Å². The lowest BCUT2D eigenvalue weighted by Gasteiger charge is -2.30. The number of hydrogen-bond acceptors (Lipinski definition) is 6. The molecule has 2 unspecified atom stereocenters. The molecule has 2 heterocycles. The highest BCUT2D eigenvalue weighted by molar-refractivity contribution is 5.96. The SMILES string of the molecule is CCCC(=O)c1c(F)cc(OCCC2CC2C2CCN(c3nc(C(C)C)no3)CC2)cc1F. The van der Waals surface area contributed by atoms with Crippen LogP contribution in [0.1, 0.15) is 81.4 Å². The van der Waals surface area contributed by atoms with Crippen LogP contribution >= 0.6 is 0 Å². The van der Waals surface area contributed by atoms with Crippen molar-refractivity contribution in [1.82, 2.24) is 10.1 Å². The molecule has 180 valence electrons. The molecule has 1 saturated heterocycles. The molecule has 0 spiro atoms. The topological polar surface area (TPSA) is 68.5 Å². The predicted molar refractivity (Wildman–Crippen MR) is 121 cm³/mol. The fourth-order valence-corrected chi connectivity index (χ4v) is 4.87. The van der Waals surface area contributed by atoms with Gasteiger partial charge in [-0.1, -0.05) is 25.9 Å². The van der Waals surface area contributed by atoms with Crippen LogP contribution in [0.2, 0.25) is 0 Å². The first kappa shape index (κ1) is 23.6. The van der Waals surface area contributed by atoms with Gasteiger partial charge in [-0.2, -0.15) is 4.98 Å². The van der Waals surface area contributed by atoms with E-state index in [9.17, 15) is 13.6 Å². The molecule has 0 bridgehead atoms. The zero-order valence-electron chi connectivity index (χ0n) is 19.7. The predicted octanol–water partition coefficient (Wildman–Crippen LogP) is 5.78. The summed E-state index contributed by atoms with van der Waals surface area (Å²) in [6.45, 7) is 8.16. The Morgan fingerprint density at radius 3 is 2.55 bits per heavy atom. The lowest BCUT2D eigenvalue weighted by Crippen LogP contribution is -2.34. The lowest BCUT2D eigenvalue weighted by molar-refractivity contribution is 0.0973. The van der Waals surface area contributed by atoms with E-state index >= 15 is 0 Å². The summed E-state index contributed by atoms with van der Waals surface area (Å²) in [5.74, 6) is 0.902. The molecular weight excluding hydrogens is 428 g/mol. The van der Waals surface area contributed by atoms with Crippen LogP contribution in [0, 0.1) is 29.4 Å². The number of aromatic nitrogens is 2. The molecule has 0 N–H and O–H groups in total. The van der Waals surface area contributed by atoms with Gasteiger partial charge in [0.25, 0.3) is 0 Å². The van der Waals surface area contributed by atoms with Crippen molar-refractivity contribution in [2.75, 3.05) is 24.6 Å². The number of piperidine rings is 1. The Kier molecular flexibility index (Phi) is 7.29. The van der Waals surface area contributed by atoms with Crippen LogP contribution in [0.5, 0.6) is 5.75 Å². The molecule has 6 nitrogen and oxygen atoms in total. The maximum absolute atomic E-state index is 14.2. The summed E-state index contributed by atoms with van der Waals surface area (Å²) in [7, 11) is 0. The van der Waals surface area contributed by atoms with Gasteiger partial charge >= 0.3 is 6.01 Å². The Labute approximate surface area is 193 Å². The summed E-state index contributed by atoms with van der Waals surface area (Å²) in [6.07, 6.45) is 4.93. The Balaban J connectivity index is 1.20. The van der Waals surface area contributed by atoms with Crippen LogP contribution in [0.3, 0.4) is 0 Å². The van der Waals surface area contributed by atoms with Crippen LogP contribution in [0.25, 0.3) is 0 Å². The van der Waals surface area contributed by atoms with E-state index in [2.05, 4.69) is 15.0 Å². The molecule has 1 aromatic carbocycles. The monoisotopic (exact) mass is 461 g/mol. The number of rotatable bonds is 10. The van der Waals surface area contributed by atoms with Crippen molar-refractivity contribution in [1.29, 1.82) is 0 Å². The lowest BCUT2D eigenvalue weighted by atomic mass is 9.90. The third kappa shape index (κ3) is 5.53. The minimum atomic E-state index is -0.846. The summed E-state index contributed by atoms with van der Waals surface area (Å²) in [4.78, 5) is 18.6. The first-order valence-corrected chi connectivity index (χ1v) is 12.1. The van der Waals surface area contributed by atoms with E-state index in [1.165, 1.54) is 6.42 Å². The molecule has 2 atom stereocenters. The molecule has 0 radical (unpaired) electrons. The molecule has 33 heavy (non-hydrogen) atoms. The van der Waals surface area contributed by atoms with Crippen molar-refractivity contribution < 1.29 is 22.8 Å². The van der Waals surface area contributed by atoms with Gasteiger partial charge in [0.1, 0.15) is 17.4 Å². The third-order valence-corrected chi connectivity index (χ3v) is 6.87. The minimum absolute atomic E-state index is 0.129. The average molecular weight is 462 g/mol. The summed E-state index contributed by atoms with van der Waals surface area (Å²) in [6, 6.07) is 2.86. The third-order valence-electron chi connectivity index (χ3n) is 6.87. The first-order chi connectivity index (χ1) is 15.9. The zero-order chi connectivity index (χ0) is 23.5. The number of carbonyl (C=O) groups is 1. The van der Waals surface area contributed by atoms with E-state index in [1.807, 2.05) is 13.8 Å². The van der Waals surface area contributed by atoms with Gasteiger partial charge in [0, 0.05) is 37.6 Å². The number of halogens is 2. The van der Waals surface area contributed by atoms with E-state index in [0.717, 1.165) is 50.3 Å². The largest absolute Gasteiger partial charge is 0.493 e. The highest BCUT2D eigenvalue weighted by Crippen LogP contribution is 2.50. The smallest absolute Gasteiger partial charge is 0.324 e. The van der Waals surface area contributed by atoms with Gasteiger partial charge in [-0.25, -0.2) is 8.78 Å². The number of ether oxygens (including phenoxy) is 1. The molecule has 4 rings (SSSR count). The number of anilines is 1. The summed E-state index contributed by atoms with van der Waals surface area (Å²) < 4.78 is 39.5. The molecule has 0 amide bonds. The van der Waals surface area contributed by atoms with Gasteiger partial charge in [0.05, 0.1) is 12.2 Å². The van der Waals surface area contributed by atoms with Crippen molar-refractivity contribution in [3.05, 3.63) is 35.2 Å². The summed E-state index contributed by atoms with van der Waals surface area (Å²) >= 11 is 0. The second kappa shape index (κ2) is 10.2. The molecule has 1 aliphatic carbocycles. The fourth-order valence-electron chi connectivity index (χ4n) is 4.87. The second-order valence-corrected chi connectivity index (χ2v) is 9.65. The number of ketones is 1. The van der Waals surface area contributed by atoms with Gasteiger partial charge in [-0.15, -0.1) is 0 Å². The Morgan fingerprint density at radius 1 is 1.24 bits per heavy atom. The molecule has 1 aliphatic heterocycles. The van der Waals surface area contributed by atoms with Crippen molar-refractivity contribution >= 4 is 11.8 Å². The van der Waals surface area contributed by atoms with E-state index < -0.39 is 23.0 Å². The summed E-state index contributed by atoms with van der Waals surface area (Å²) in [5, 5.41) is 4.06. The molecule has 2 aliphatic rings. The van der Waals surface area contributed by atoms with E-state index in [-0.39, 0.29) is 18.1 Å². The van der Waals surface area contributed by atoms with Crippen molar-refractivity contribution in [3.63, 3.8) is 0 Å². The fraction of sp³-hybridized carbons (Fsp3) is 0.640. The molecule has 1 aromatic heterocycles. The van der Waals surface area contributed by atoms with E-state index in [1.54, 1.807) is 6.92 Å². The van der Waals surface area contributed by atoms with Crippen LogP contribution in [0.15, 0.2) is 16.7 Å². The van der Waals surface area contributed by atoms with Gasteiger partial charge in [0.15, 0.2) is 11.6 Å². The number of carbonyl (C=O) groups excluding carboxylic acids is 1. The minimum Gasteiger partial charge on any atom is -0.493 e. The molecular formula is C25H33F2N3O3. The van der Waals surface area contributed by atoms with Crippen molar-refractivity contribution in [2.24, 2.45) is 17.8 Å². The van der Waals surface area contributed by atoms with Gasteiger partial charge in [0.2, 0.25) is 0 Å². The molecule has 8 heteroatoms. The first-order valence-electron chi connectivity index (χ1n) is 12.1. The van der Waals surface area contributed by atoms with Gasteiger partial charge in [-0.05, 0) is 49.9 Å². The number of hydrogen-bond donors (Lipinski definition) is 0. The zero-order valence-corrected chi connectivity index (χ0v) is 19.7. The summed E-state index contributed by atoms with van der Waals surface area (Å²) in [5.41, 5.74) is -0.459.